The van der Waals surface area contributed by atoms with Crippen molar-refractivity contribution in [3.8, 4) is 11.3 Å². The third-order valence-electron chi connectivity index (χ3n) is 4.19. The SMILES string of the molecule is CCc1ccc(-c2cc(C(=O)N/N=C\c3ccc(C(=O)OC)cc3)[nH]n2)cc1. The number of carbonyl (C=O) groups excluding carboxylic acids is 2. The fourth-order valence-corrected chi connectivity index (χ4v) is 2.55. The minimum absolute atomic E-state index is 0.313. The van der Waals surface area contributed by atoms with Crippen molar-refractivity contribution < 1.29 is 14.3 Å². The number of hydrogen-bond acceptors (Lipinski definition) is 5. The van der Waals surface area contributed by atoms with E-state index in [1.807, 2.05) is 24.3 Å². The largest absolute Gasteiger partial charge is 0.465 e. The molecule has 1 amide bonds. The number of hydrogen-bond donors (Lipinski definition) is 2. The van der Waals surface area contributed by atoms with E-state index in [1.54, 1.807) is 30.3 Å². The van der Waals surface area contributed by atoms with Crippen molar-refractivity contribution in [2.45, 2.75) is 13.3 Å². The number of nitrogens with one attached hydrogen (secondary N) is 2. The van der Waals surface area contributed by atoms with Crippen LogP contribution in [0.4, 0.5) is 0 Å². The number of hydrazone groups is 1. The van der Waals surface area contributed by atoms with E-state index in [-0.39, 0.29) is 0 Å². The summed E-state index contributed by atoms with van der Waals surface area (Å²) in [5.74, 6) is -0.803. The van der Waals surface area contributed by atoms with Crippen LogP contribution in [0.15, 0.2) is 59.7 Å². The molecule has 2 aromatic carbocycles. The molecule has 7 nitrogen and oxygen atoms in total. The van der Waals surface area contributed by atoms with Crippen molar-refractivity contribution in [3.05, 3.63) is 77.0 Å². The molecule has 0 atom stereocenters. The van der Waals surface area contributed by atoms with Gasteiger partial charge in [0.1, 0.15) is 5.69 Å². The number of rotatable bonds is 6. The topological polar surface area (TPSA) is 96.4 Å². The van der Waals surface area contributed by atoms with Crippen molar-refractivity contribution in [3.63, 3.8) is 0 Å². The Balaban J connectivity index is 1.61. The molecule has 0 bridgehead atoms. The Kier molecular flexibility index (Phi) is 5.96. The maximum absolute atomic E-state index is 12.2. The summed E-state index contributed by atoms with van der Waals surface area (Å²) in [4.78, 5) is 23.6. The van der Waals surface area contributed by atoms with E-state index < -0.39 is 11.9 Å². The standard InChI is InChI=1S/C21H20N4O3/c1-3-14-4-8-16(9-5-14)18-12-19(24-23-18)20(26)25-22-13-15-6-10-17(11-7-15)21(27)28-2/h4-13H,3H2,1-2H3,(H,23,24)(H,25,26)/b22-13-. The number of methoxy groups -OCH3 is 1. The van der Waals surface area contributed by atoms with E-state index in [4.69, 9.17) is 0 Å². The Morgan fingerprint density at radius 3 is 2.50 bits per heavy atom. The van der Waals surface area contributed by atoms with Crippen LogP contribution >= 0.6 is 0 Å². The van der Waals surface area contributed by atoms with Crippen LogP contribution in [0, 0.1) is 0 Å². The second-order valence-electron chi connectivity index (χ2n) is 6.03. The molecule has 0 unspecified atom stereocenters. The van der Waals surface area contributed by atoms with Crippen LogP contribution in [-0.2, 0) is 11.2 Å². The van der Waals surface area contributed by atoms with E-state index in [9.17, 15) is 9.59 Å². The zero-order valence-corrected chi connectivity index (χ0v) is 15.6. The molecule has 3 aromatic rings. The summed E-state index contributed by atoms with van der Waals surface area (Å²) in [5, 5.41) is 10.8. The first kappa shape index (κ1) is 19.0. The normalized spacial score (nSPS) is 10.8. The van der Waals surface area contributed by atoms with E-state index in [0.717, 1.165) is 17.5 Å². The van der Waals surface area contributed by atoms with Gasteiger partial charge in [-0.3, -0.25) is 9.89 Å². The Morgan fingerprint density at radius 2 is 1.86 bits per heavy atom. The second-order valence-corrected chi connectivity index (χ2v) is 6.03. The zero-order chi connectivity index (χ0) is 19.9. The number of amides is 1. The summed E-state index contributed by atoms with van der Waals surface area (Å²) in [6.07, 6.45) is 2.46. The summed E-state index contributed by atoms with van der Waals surface area (Å²) in [5.41, 5.74) is 6.80. The van der Waals surface area contributed by atoms with Gasteiger partial charge in [0.25, 0.3) is 5.91 Å². The van der Waals surface area contributed by atoms with Crippen LogP contribution in [0.1, 0.15) is 38.9 Å². The summed E-state index contributed by atoms with van der Waals surface area (Å²) in [7, 11) is 1.33. The molecule has 7 heteroatoms. The molecule has 0 fully saturated rings. The minimum Gasteiger partial charge on any atom is -0.465 e. The molecule has 142 valence electrons. The van der Waals surface area contributed by atoms with Crippen LogP contribution in [0.3, 0.4) is 0 Å². The fraction of sp³-hybridized carbons (Fsp3) is 0.143. The van der Waals surface area contributed by atoms with Gasteiger partial charge < -0.3 is 4.74 Å². The van der Waals surface area contributed by atoms with Gasteiger partial charge in [-0.25, -0.2) is 10.2 Å². The van der Waals surface area contributed by atoms with Crippen LogP contribution in [0.5, 0.6) is 0 Å². The Labute approximate surface area is 162 Å². The third-order valence-corrected chi connectivity index (χ3v) is 4.19. The molecular formula is C21H20N4O3. The minimum atomic E-state index is -0.406. The number of aromatic amines is 1. The van der Waals surface area contributed by atoms with Crippen LogP contribution in [0.25, 0.3) is 11.3 Å². The molecule has 28 heavy (non-hydrogen) atoms. The van der Waals surface area contributed by atoms with Gasteiger partial charge >= 0.3 is 5.97 Å². The van der Waals surface area contributed by atoms with Gasteiger partial charge in [0.05, 0.1) is 24.6 Å². The number of H-pyrrole nitrogens is 1. The highest BCUT2D eigenvalue weighted by Crippen LogP contribution is 2.18. The maximum atomic E-state index is 12.2. The summed E-state index contributed by atoms with van der Waals surface area (Å²) in [6.45, 7) is 2.10. The monoisotopic (exact) mass is 376 g/mol. The highest BCUT2D eigenvalue weighted by atomic mass is 16.5. The van der Waals surface area contributed by atoms with E-state index >= 15 is 0 Å². The fourth-order valence-electron chi connectivity index (χ4n) is 2.55. The quantitative estimate of drug-likeness (QED) is 0.392. The maximum Gasteiger partial charge on any atom is 0.337 e. The van der Waals surface area contributed by atoms with E-state index in [1.165, 1.54) is 18.9 Å². The first-order valence-corrected chi connectivity index (χ1v) is 8.77. The number of esters is 1. The summed E-state index contributed by atoms with van der Waals surface area (Å²) >= 11 is 0. The zero-order valence-electron chi connectivity index (χ0n) is 15.6. The molecule has 0 aliphatic heterocycles. The van der Waals surface area contributed by atoms with Crippen LogP contribution in [0.2, 0.25) is 0 Å². The lowest BCUT2D eigenvalue weighted by molar-refractivity contribution is 0.0600. The molecule has 2 N–H and O–H groups in total. The van der Waals surface area contributed by atoms with Gasteiger partial charge in [-0.15, -0.1) is 0 Å². The Morgan fingerprint density at radius 1 is 1.14 bits per heavy atom. The molecule has 0 saturated carbocycles. The number of aryl methyl sites for hydroxylation is 1. The first-order chi connectivity index (χ1) is 13.6. The molecular weight excluding hydrogens is 356 g/mol. The Hall–Kier alpha value is -3.74. The first-order valence-electron chi connectivity index (χ1n) is 8.77. The highest BCUT2D eigenvalue weighted by molar-refractivity contribution is 5.94. The van der Waals surface area contributed by atoms with Gasteiger partial charge in [-0.05, 0) is 35.7 Å². The highest BCUT2D eigenvalue weighted by Gasteiger charge is 2.10. The van der Waals surface area contributed by atoms with Crippen molar-refractivity contribution in [1.29, 1.82) is 0 Å². The van der Waals surface area contributed by atoms with Gasteiger partial charge in [0.15, 0.2) is 0 Å². The lowest BCUT2D eigenvalue weighted by Crippen LogP contribution is -2.18. The predicted molar refractivity (Wildman–Crippen MR) is 106 cm³/mol. The third kappa shape index (κ3) is 4.50. The second kappa shape index (κ2) is 8.77. The molecule has 0 aliphatic rings. The molecule has 1 aromatic heterocycles. The number of ether oxygens (including phenoxy) is 1. The van der Waals surface area contributed by atoms with Gasteiger partial charge in [0, 0.05) is 5.56 Å². The average molecular weight is 376 g/mol. The van der Waals surface area contributed by atoms with E-state index in [2.05, 4.69) is 32.4 Å². The summed E-state index contributed by atoms with van der Waals surface area (Å²) < 4.78 is 4.64. The van der Waals surface area contributed by atoms with Crippen LogP contribution < -0.4 is 5.43 Å². The van der Waals surface area contributed by atoms with Gasteiger partial charge in [-0.2, -0.15) is 10.2 Å². The molecule has 0 radical (unpaired) electrons. The predicted octanol–water partition coefficient (Wildman–Crippen LogP) is 3.19. The molecule has 0 spiro atoms. The molecule has 0 aliphatic carbocycles. The number of carbonyl (C=O) groups is 2. The van der Waals surface area contributed by atoms with Gasteiger partial charge in [-0.1, -0.05) is 43.3 Å². The van der Waals surface area contributed by atoms with Gasteiger partial charge in [0.2, 0.25) is 0 Å². The average Bonchev–Trinajstić information content (AvgIpc) is 3.24. The molecule has 3 rings (SSSR count). The van der Waals surface area contributed by atoms with Crippen molar-refractivity contribution in [2.75, 3.05) is 7.11 Å². The number of nitrogens with zero attached hydrogens (tertiary/aromatic N) is 2. The Bertz CT molecular complexity index is 989. The van der Waals surface area contributed by atoms with Crippen LogP contribution in [-0.4, -0.2) is 35.4 Å². The number of benzene rings is 2. The molecule has 1 heterocycles. The lowest BCUT2D eigenvalue weighted by atomic mass is 10.1. The van der Waals surface area contributed by atoms with E-state index in [0.29, 0.717) is 17.0 Å². The lowest BCUT2D eigenvalue weighted by Gasteiger charge is -1.99. The van der Waals surface area contributed by atoms with Crippen molar-refractivity contribution in [2.24, 2.45) is 5.10 Å². The smallest absolute Gasteiger partial charge is 0.337 e. The van der Waals surface area contributed by atoms with Crippen molar-refractivity contribution >= 4 is 18.1 Å². The number of aromatic nitrogens is 2. The summed E-state index contributed by atoms with van der Waals surface area (Å²) in [6, 6.07) is 16.4. The van der Waals surface area contributed by atoms with Crippen molar-refractivity contribution in [1.82, 2.24) is 15.6 Å². The molecule has 0 saturated heterocycles.